The lowest BCUT2D eigenvalue weighted by atomic mass is 9.78. The Kier molecular flexibility index (Phi) is 32.8. The molecule has 3 heterocycles. The molecule has 758 valence electrons. The van der Waals surface area contributed by atoms with Gasteiger partial charge < -0.3 is 88.6 Å². The summed E-state index contributed by atoms with van der Waals surface area (Å²) in [4.78, 5) is 217. The van der Waals surface area contributed by atoms with Gasteiger partial charge in [-0.2, -0.15) is 0 Å². The van der Waals surface area contributed by atoms with E-state index in [1.807, 2.05) is 132 Å². The lowest BCUT2D eigenvalue weighted by Crippen LogP contribution is -2.61. The number of ketones is 3. The maximum absolute atomic E-state index is 14.6. The Morgan fingerprint density at radius 3 is 0.956 bits per heavy atom. The van der Waals surface area contributed by atoms with Crippen molar-refractivity contribution in [3.63, 3.8) is 0 Å². The van der Waals surface area contributed by atoms with Gasteiger partial charge in [0.2, 0.25) is 58.7 Å². The molecule has 0 spiro atoms. The van der Waals surface area contributed by atoms with Gasteiger partial charge in [-0.15, -0.1) is 0 Å². The highest BCUT2D eigenvalue weighted by Gasteiger charge is 2.73. The van der Waals surface area contributed by atoms with E-state index in [9.17, 15) is 76.7 Å². The number of likely N-dealkylation sites (tertiary alicyclic amines) is 3. The molecule has 33 heteroatoms. The van der Waals surface area contributed by atoms with Gasteiger partial charge in [0, 0.05) is 46.2 Å². The number of primary amides is 3. The third-order valence-corrected chi connectivity index (χ3v) is 32.4. The van der Waals surface area contributed by atoms with Crippen molar-refractivity contribution >= 4 is 94.5 Å². The molecule has 14 N–H and O–H groups in total. The first kappa shape index (κ1) is 108. The number of esters is 1. The number of nitrogens with zero attached hydrogens (tertiary/aromatic N) is 3. The molecule has 18 atom stereocenters. The normalized spacial score (nSPS) is 25.1. The van der Waals surface area contributed by atoms with Gasteiger partial charge in [0.15, 0.2) is 0 Å². The SMILES string of the molecule is CC(C)(C)C(=O)OC[C@@H](CC(=O)N[C@H](C(=O)N1C[C@H]2[C@@H]([C@H]1C(=O)NC(CC1CCC1)C(=O)C(N)=O)C2(C)C)C(C)(C)C)C(C)(C)C.COC[C@@H](NC(=O)N[C@H](C(=O)N1C[C@H]2[C@@H]([C@H]1C(=O)NC(CC1CC1)C(=O)C(N)=O)C2(C)C)C1Cc2ccccc2C1)C(C)(C)C.COC[C@@H](NC(=O)N[C@H](C(=O)N1C[C@H]2[C@@H]([C@H]1C(=O)NC(CC1CCC1)C(=O)C(N)=O)C2(C)C)C1Cc2ccccc2C1)C(C)(C)C. The third-order valence-electron chi connectivity index (χ3n) is 32.4. The highest BCUT2D eigenvalue weighted by Crippen LogP contribution is 2.67. The van der Waals surface area contributed by atoms with E-state index in [1.54, 1.807) is 49.7 Å². The summed E-state index contributed by atoms with van der Waals surface area (Å²) < 4.78 is 16.3. The molecule has 11 aliphatic rings. The van der Waals surface area contributed by atoms with E-state index in [0.717, 1.165) is 73.6 Å². The van der Waals surface area contributed by atoms with Gasteiger partial charge in [-0.05, 0) is 191 Å². The number of amides is 14. The predicted molar refractivity (Wildman–Crippen MR) is 514 cm³/mol. The second-order valence-corrected chi connectivity index (χ2v) is 48.6. The zero-order valence-corrected chi connectivity index (χ0v) is 85.3. The van der Waals surface area contributed by atoms with E-state index in [2.05, 4.69) is 84.1 Å². The molecule has 137 heavy (non-hydrogen) atoms. The lowest BCUT2D eigenvalue weighted by molar-refractivity contribution is -0.156. The van der Waals surface area contributed by atoms with Gasteiger partial charge in [0.1, 0.15) is 36.3 Å². The number of fused-ring (bicyclic) bond motifs is 5. The van der Waals surface area contributed by atoms with Crippen LogP contribution >= 0.6 is 0 Å². The quantitative estimate of drug-likeness (QED) is 0.0230. The monoisotopic (exact) mass is 1910 g/mol. The van der Waals surface area contributed by atoms with Crippen molar-refractivity contribution in [2.75, 3.05) is 53.7 Å². The zero-order valence-electron chi connectivity index (χ0n) is 85.3. The first-order chi connectivity index (χ1) is 63.6. The van der Waals surface area contributed by atoms with Crippen LogP contribution in [0, 0.1) is 114 Å². The largest absolute Gasteiger partial charge is 0.465 e. The van der Waals surface area contributed by atoms with E-state index in [-0.39, 0.29) is 158 Å². The van der Waals surface area contributed by atoms with Crippen LogP contribution in [-0.4, -0.2) is 229 Å². The molecule has 8 aliphatic carbocycles. The molecule has 0 bridgehead atoms. The van der Waals surface area contributed by atoms with Gasteiger partial charge in [0.25, 0.3) is 17.7 Å². The van der Waals surface area contributed by atoms with Crippen LogP contribution in [0.1, 0.15) is 245 Å². The summed E-state index contributed by atoms with van der Waals surface area (Å²) in [7, 11) is 3.16. The van der Waals surface area contributed by atoms with Gasteiger partial charge >= 0.3 is 18.0 Å². The van der Waals surface area contributed by atoms with Gasteiger partial charge in [-0.1, -0.05) is 225 Å². The summed E-state index contributed by atoms with van der Waals surface area (Å²) >= 11 is 0. The number of Topliss-reactive ketones (excluding diaryl/α,β-unsaturated/α-hetero) is 3. The van der Waals surface area contributed by atoms with Crippen LogP contribution in [0.5, 0.6) is 0 Å². The predicted octanol–water partition coefficient (Wildman–Crippen LogP) is 7.67. The molecular weight excluding hydrogens is 1750 g/mol. The topological polar surface area (TPSA) is 485 Å². The highest BCUT2D eigenvalue weighted by molar-refractivity contribution is 6.39. The van der Waals surface area contributed by atoms with Gasteiger partial charge in [-0.3, -0.25) is 67.1 Å². The number of piperidine rings is 3. The first-order valence-corrected chi connectivity index (χ1v) is 49.7. The Morgan fingerprint density at radius 1 is 0.394 bits per heavy atom. The standard InChI is InChI=1S/C35H51N5O6.C35H58N4O7.C34H49N5O6/c1-34(2,3)25(18-46-6)38-33(45)39-27(22-15-20-12-7-8-13-21(20)16-22)32(44)40-17-23-26(35(23,4)5)28(40)31(43)37-24(29(41)30(36)42)14-19-10-9-11-19;1-32(2,3)20(18-46-31(45)34(7,8)9)16-23(40)38-27(33(4,5)6)30(44)39-17-21-24(35(21,10)11)25(39)29(43)37-22(26(41)28(36)42)15-19-13-12-14-19;1-33(2,3)24(17-45-6)37-32(44)38-26(21-14-19-9-7-8-10-20(19)15-21)31(43)39-16-22-25(34(22,4)5)27(39)30(42)36-23(13-18-11-12-18)28(40)29(35)41/h7-8,12-13,19,22-28H,9-11,14-18H2,1-6H3,(H2,36,42)(H,37,43)(H2,38,39,45);19-22,24-25,27H,12-18H2,1-11H3,(H2,36,42)(H,37,43)(H,38,40);7-10,18,21-27H,11-17H2,1-6H3,(H2,35,41)(H,36,42)(H2,37,38,44)/t23-,24?,25+,26-,27-,28-;20-,21+,22?,24+,25+,27-;22-,23?,24+,25-,26-,27-/m010/s1. The van der Waals surface area contributed by atoms with Gasteiger partial charge in [0.05, 0.1) is 55.4 Å². The maximum Gasteiger partial charge on any atom is 0.315 e. The van der Waals surface area contributed by atoms with Crippen molar-refractivity contribution in [1.82, 2.24) is 57.2 Å². The Hall–Kier alpha value is -9.92. The summed E-state index contributed by atoms with van der Waals surface area (Å²) in [6.07, 6.45) is 11.2. The van der Waals surface area contributed by atoms with E-state index in [1.165, 1.54) is 0 Å². The Morgan fingerprint density at radius 2 is 0.701 bits per heavy atom. The molecule has 3 unspecified atom stereocenters. The van der Waals surface area contributed by atoms with Crippen LogP contribution in [0.2, 0.25) is 0 Å². The summed E-state index contributed by atoms with van der Waals surface area (Å²) in [5.74, 6) is -8.79. The number of urea groups is 2. The van der Waals surface area contributed by atoms with Crippen LogP contribution in [0.3, 0.4) is 0 Å². The molecule has 6 saturated carbocycles. The third kappa shape index (κ3) is 25.1. The molecule has 2 aromatic rings. The fourth-order valence-electron chi connectivity index (χ4n) is 22.3. The van der Waals surface area contributed by atoms with Crippen LogP contribution < -0.4 is 59.7 Å². The number of nitrogens with one attached hydrogen (secondary N) is 8. The van der Waals surface area contributed by atoms with Crippen LogP contribution in [0.25, 0.3) is 0 Å². The molecule has 14 amide bonds. The second-order valence-electron chi connectivity index (χ2n) is 48.6. The number of methoxy groups -OCH3 is 2. The molecular formula is C104H158N14O19. The zero-order chi connectivity index (χ0) is 102. The molecule has 3 saturated heterocycles. The molecule has 3 aliphatic heterocycles. The van der Waals surface area contributed by atoms with Crippen LogP contribution in [0.15, 0.2) is 48.5 Å². The summed E-state index contributed by atoms with van der Waals surface area (Å²) in [5.41, 5.74) is 17.8. The molecule has 9 fully saturated rings. The number of carbonyl (C=O) groups is 16. The Labute approximate surface area is 809 Å². The molecule has 13 rings (SSSR count). The average Bonchev–Trinajstić information content (AvgIpc) is 1.53. The number of benzene rings is 2. The molecule has 0 aromatic heterocycles. The van der Waals surface area contributed by atoms with Gasteiger partial charge in [-0.25, -0.2) is 9.59 Å². The van der Waals surface area contributed by atoms with Crippen molar-refractivity contribution in [3.05, 3.63) is 70.8 Å². The summed E-state index contributed by atoms with van der Waals surface area (Å²) in [6, 6.07) is 6.25. The first-order valence-electron chi connectivity index (χ1n) is 49.7. The van der Waals surface area contributed by atoms with E-state index < -0.39 is 130 Å². The number of rotatable bonds is 36. The van der Waals surface area contributed by atoms with Crippen LogP contribution in [-0.2, 0) is 107 Å². The number of hydrogen-bond acceptors (Lipinski definition) is 19. The molecule has 2 aromatic carbocycles. The lowest BCUT2D eigenvalue weighted by Gasteiger charge is -2.38. The average molecular weight is 1910 g/mol. The maximum atomic E-state index is 14.6. The van der Waals surface area contributed by atoms with Crippen molar-refractivity contribution in [3.8, 4) is 0 Å². The van der Waals surface area contributed by atoms with Crippen molar-refractivity contribution < 1.29 is 90.9 Å². The summed E-state index contributed by atoms with van der Waals surface area (Å²) in [6.45, 7) is 43.1. The smallest absolute Gasteiger partial charge is 0.315 e. The van der Waals surface area contributed by atoms with Crippen molar-refractivity contribution in [1.29, 1.82) is 0 Å². The van der Waals surface area contributed by atoms with Crippen molar-refractivity contribution in [2.24, 2.45) is 132 Å². The number of ether oxygens (including phenoxy) is 3. The minimum Gasteiger partial charge on any atom is -0.465 e. The summed E-state index contributed by atoms with van der Waals surface area (Å²) in [5, 5.41) is 23.5. The van der Waals surface area contributed by atoms with Crippen molar-refractivity contribution in [2.45, 2.75) is 315 Å². The number of nitrogens with two attached hydrogens (primary N) is 3. The fourth-order valence-corrected chi connectivity index (χ4v) is 22.3. The Balaban J connectivity index is 0.000000197. The molecule has 0 radical (unpaired) electrons. The molecule has 33 nitrogen and oxygen atoms in total. The Bertz CT molecular complexity index is 4830. The van der Waals surface area contributed by atoms with E-state index >= 15 is 0 Å². The van der Waals surface area contributed by atoms with E-state index in [4.69, 9.17) is 31.4 Å². The second kappa shape index (κ2) is 41.9. The minimum atomic E-state index is -1.09. The fraction of sp³-hybridized carbons (Fsp3) is 0.731. The highest BCUT2D eigenvalue weighted by atomic mass is 16.5. The number of hydrogen-bond donors (Lipinski definition) is 11. The minimum absolute atomic E-state index is 0.0427. The number of carbonyl (C=O) groups excluding carboxylic acids is 16. The van der Waals surface area contributed by atoms with E-state index in [0.29, 0.717) is 77.8 Å². The van der Waals surface area contributed by atoms with Crippen LogP contribution in [0.4, 0.5) is 9.59 Å².